The van der Waals surface area contributed by atoms with Crippen molar-refractivity contribution in [3.05, 3.63) is 18.2 Å². The highest BCUT2D eigenvalue weighted by Gasteiger charge is 2.18. The van der Waals surface area contributed by atoms with Crippen LogP contribution >= 0.6 is 0 Å². The highest BCUT2D eigenvalue weighted by atomic mass is 16.5. The van der Waals surface area contributed by atoms with Crippen LogP contribution in [-0.2, 0) is 4.79 Å². The van der Waals surface area contributed by atoms with Crippen LogP contribution in [0.3, 0.4) is 0 Å². The Bertz CT molecular complexity index is 404. The summed E-state index contributed by atoms with van der Waals surface area (Å²) in [6.45, 7) is 3.24. The van der Waals surface area contributed by atoms with Gasteiger partial charge in [0, 0.05) is 26.1 Å². The minimum absolute atomic E-state index is 0.0678. The second-order valence-electron chi connectivity index (χ2n) is 3.83. The average Bonchev–Trinajstić information content (AvgIpc) is 2.49. The van der Waals surface area contributed by atoms with E-state index in [2.05, 4.69) is 5.32 Å². The zero-order valence-electron chi connectivity index (χ0n) is 9.62. The van der Waals surface area contributed by atoms with Crippen molar-refractivity contribution in [2.45, 2.75) is 13.3 Å². The number of nitrogens with one attached hydrogen (secondary N) is 1. The first-order chi connectivity index (χ1) is 7.72. The molecule has 1 N–H and O–H groups in total. The largest absolute Gasteiger partial charge is 0.497 e. The molecule has 1 amide bonds. The second kappa shape index (κ2) is 4.43. The normalized spacial score (nSPS) is 14.8. The lowest BCUT2D eigenvalue weighted by atomic mass is 10.2. The van der Waals surface area contributed by atoms with E-state index in [-0.39, 0.29) is 5.91 Å². The molecule has 1 heterocycles. The third kappa shape index (κ3) is 1.96. The number of carbonyl (C=O) groups excluding carboxylic acids is 1. The fourth-order valence-corrected chi connectivity index (χ4v) is 1.92. The van der Waals surface area contributed by atoms with Crippen LogP contribution in [0.2, 0.25) is 0 Å². The Kier molecular flexibility index (Phi) is 2.99. The lowest BCUT2D eigenvalue weighted by Crippen LogP contribution is -2.28. The second-order valence-corrected chi connectivity index (χ2v) is 3.83. The van der Waals surface area contributed by atoms with Crippen LogP contribution in [0.25, 0.3) is 0 Å². The Balaban J connectivity index is 2.44. The summed E-state index contributed by atoms with van der Waals surface area (Å²) in [5.41, 5.74) is 1.90. The molecule has 1 aromatic carbocycles. The first-order valence-electron chi connectivity index (χ1n) is 5.42. The van der Waals surface area contributed by atoms with Crippen molar-refractivity contribution in [1.29, 1.82) is 0 Å². The zero-order chi connectivity index (χ0) is 11.5. The van der Waals surface area contributed by atoms with Crippen molar-refractivity contribution in [3.63, 3.8) is 0 Å². The molecule has 1 aliphatic heterocycles. The molecule has 0 spiro atoms. The summed E-state index contributed by atoms with van der Waals surface area (Å²) < 4.78 is 5.18. The molecule has 0 aliphatic carbocycles. The number of carbonyl (C=O) groups is 1. The van der Waals surface area contributed by atoms with E-state index in [1.54, 1.807) is 18.9 Å². The number of hydrogen-bond acceptors (Lipinski definition) is 3. The predicted molar refractivity (Wildman–Crippen MR) is 64.1 cm³/mol. The van der Waals surface area contributed by atoms with Gasteiger partial charge in [-0.15, -0.1) is 0 Å². The maximum absolute atomic E-state index is 11.6. The van der Waals surface area contributed by atoms with E-state index in [1.807, 2.05) is 18.2 Å². The number of anilines is 2. The van der Waals surface area contributed by atoms with E-state index in [1.165, 1.54) is 0 Å². The van der Waals surface area contributed by atoms with Gasteiger partial charge < -0.3 is 15.0 Å². The monoisotopic (exact) mass is 220 g/mol. The number of benzene rings is 1. The first kappa shape index (κ1) is 10.8. The standard InChI is InChI=1S/C12H16N2O2/c1-9(15)14-7-3-6-13-11-5-4-10(16-2)8-12(11)14/h4-5,8,13H,3,6-7H2,1-2H3. The molecule has 1 aliphatic rings. The number of amides is 1. The van der Waals surface area contributed by atoms with Gasteiger partial charge >= 0.3 is 0 Å². The summed E-state index contributed by atoms with van der Waals surface area (Å²) in [6, 6.07) is 5.75. The fourth-order valence-electron chi connectivity index (χ4n) is 1.92. The van der Waals surface area contributed by atoms with Crippen molar-refractivity contribution >= 4 is 17.3 Å². The van der Waals surface area contributed by atoms with Crippen molar-refractivity contribution < 1.29 is 9.53 Å². The average molecular weight is 220 g/mol. The van der Waals surface area contributed by atoms with Crippen LogP contribution in [0.4, 0.5) is 11.4 Å². The van der Waals surface area contributed by atoms with Gasteiger partial charge in [-0.3, -0.25) is 4.79 Å². The maximum Gasteiger partial charge on any atom is 0.223 e. The van der Waals surface area contributed by atoms with Crippen LogP contribution in [0.15, 0.2) is 18.2 Å². The van der Waals surface area contributed by atoms with Gasteiger partial charge in [0.15, 0.2) is 0 Å². The Hall–Kier alpha value is -1.71. The maximum atomic E-state index is 11.6. The summed E-state index contributed by atoms with van der Waals surface area (Å²) in [5, 5.41) is 3.31. The van der Waals surface area contributed by atoms with Gasteiger partial charge in [0.2, 0.25) is 5.91 Å². The Morgan fingerprint density at radius 2 is 2.31 bits per heavy atom. The van der Waals surface area contributed by atoms with E-state index in [0.29, 0.717) is 0 Å². The number of nitrogens with zero attached hydrogens (tertiary/aromatic N) is 1. The molecule has 4 nitrogen and oxygen atoms in total. The molecule has 86 valence electrons. The number of hydrogen-bond donors (Lipinski definition) is 1. The molecular weight excluding hydrogens is 204 g/mol. The molecule has 0 atom stereocenters. The smallest absolute Gasteiger partial charge is 0.223 e. The number of ether oxygens (including phenoxy) is 1. The Morgan fingerprint density at radius 1 is 1.50 bits per heavy atom. The molecule has 0 fully saturated rings. The third-order valence-corrected chi connectivity index (χ3v) is 2.75. The van der Waals surface area contributed by atoms with Gasteiger partial charge in [-0.1, -0.05) is 0 Å². The minimum atomic E-state index is 0.0678. The molecule has 0 saturated carbocycles. The summed E-state index contributed by atoms with van der Waals surface area (Å²) in [7, 11) is 1.63. The molecule has 1 aromatic rings. The molecule has 4 heteroatoms. The Labute approximate surface area is 95.2 Å². The number of rotatable bonds is 1. The molecule has 0 bridgehead atoms. The van der Waals surface area contributed by atoms with Crippen LogP contribution in [0.1, 0.15) is 13.3 Å². The molecular formula is C12H16N2O2. The van der Waals surface area contributed by atoms with E-state index < -0.39 is 0 Å². The first-order valence-corrected chi connectivity index (χ1v) is 5.42. The summed E-state index contributed by atoms with van der Waals surface area (Å²) >= 11 is 0. The van der Waals surface area contributed by atoms with Crippen LogP contribution in [0, 0.1) is 0 Å². The van der Waals surface area contributed by atoms with E-state index in [0.717, 1.165) is 36.6 Å². The van der Waals surface area contributed by atoms with Gasteiger partial charge in [-0.25, -0.2) is 0 Å². The molecule has 0 aromatic heterocycles. The third-order valence-electron chi connectivity index (χ3n) is 2.75. The number of fused-ring (bicyclic) bond motifs is 1. The van der Waals surface area contributed by atoms with Crippen LogP contribution in [-0.4, -0.2) is 26.1 Å². The summed E-state index contributed by atoms with van der Waals surface area (Å²) in [4.78, 5) is 13.4. The zero-order valence-corrected chi connectivity index (χ0v) is 9.62. The SMILES string of the molecule is COc1ccc2c(c1)N(C(C)=O)CCCN2. The predicted octanol–water partition coefficient (Wildman–Crippen LogP) is 1.86. The highest BCUT2D eigenvalue weighted by molar-refractivity contribution is 5.95. The molecule has 16 heavy (non-hydrogen) atoms. The number of methoxy groups -OCH3 is 1. The van der Waals surface area contributed by atoms with Gasteiger partial charge in [-0.05, 0) is 18.6 Å². The van der Waals surface area contributed by atoms with Gasteiger partial charge in [-0.2, -0.15) is 0 Å². The molecule has 0 unspecified atom stereocenters. The van der Waals surface area contributed by atoms with Crippen molar-refractivity contribution in [3.8, 4) is 5.75 Å². The fraction of sp³-hybridized carbons (Fsp3) is 0.417. The quantitative estimate of drug-likeness (QED) is 0.785. The van der Waals surface area contributed by atoms with E-state index >= 15 is 0 Å². The van der Waals surface area contributed by atoms with E-state index in [4.69, 9.17) is 4.74 Å². The molecule has 0 radical (unpaired) electrons. The lowest BCUT2D eigenvalue weighted by molar-refractivity contribution is -0.116. The van der Waals surface area contributed by atoms with Crippen molar-refractivity contribution in [1.82, 2.24) is 0 Å². The van der Waals surface area contributed by atoms with Gasteiger partial charge in [0.25, 0.3) is 0 Å². The summed E-state index contributed by atoms with van der Waals surface area (Å²) in [5.74, 6) is 0.840. The van der Waals surface area contributed by atoms with Gasteiger partial charge in [0.05, 0.1) is 18.5 Å². The van der Waals surface area contributed by atoms with Crippen molar-refractivity contribution in [2.75, 3.05) is 30.4 Å². The van der Waals surface area contributed by atoms with E-state index in [9.17, 15) is 4.79 Å². The topological polar surface area (TPSA) is 41.6 Å². The molecule has 2 rings (SSSR count). The minimum Gasteiger partial charge on any atom is -0.497 e. The highest BCUT2D eigenvalue weighted by Crippen LogP contribution is 2.32. The molecule has 0 saturated heterocycles. The van der Waals surface area contributed by atoms with Crippen LogP contribution in [0.5, 0.6) is 5.75 Å². The Morgan fingerprint density at radius 3 is 3.00 bits per heavy atom. The van der Waals surface area contributed by atoms with Gasteiger partial charge in [0.1, 0.15) is 5.75 Å². The van der Waals surface area contributed by atoms with Crippen molar-refractivity contribution in [2.24, 2.45) is 0 Å². The summed E-state index contributed by atoms with van der Waals surface area (Å²) in [6.07, 6.45) is 0.955. The lowest BCUT2D eigenvalue weighted by Gasteiger charge is -2.21. The van der Waals surface area contributed by atoms with Crippen LogP contribution < -0.4 is 15.0 Å².